The standard InChI is InChI=1S/C13H26N2O2/c1-9(2)15(7-8-16)13(17)11-6-4-5-10(3)12(11)14/h9-12,16H,4-8,14H2,1-3H3. The van der Waals surface area contributed by atoms with Gasteiger partial charge < -0.3 is 15.7 Å². The first kappa shape index (κ1) is 14.5. The number of carbonyl (C=O) groups is 1. The Morgan fingerprint density at radius 3 is 2.65 bits per heavy atom. The summed E-state index contributed by atoms with van der Waals surface area (Å²) in [7, 11) is 0. The Morgan fingerprint density at radius 2 is 2.12 bits per heavy atom. The van der Waals surface area contributed by atoms with Gasteiger partial charge in [-0.15, -0.1) is 0 Å². The number of aliphatic hydroxyl groups excluding tert-OH is 1. The summed E-state index contributed by atoms with van der Waals surface area (Å²) in [5.41, 5.74) is 6.15. The van der Waals surface area contributed by atoms with Crippen molar-refractivity contribution in [1.82, 2.24) is 4.90 Å². The number of nitrogens with zero attached hydrogens (tertiary/aromatic N) is 1. The minimum Gasteiger partial charge on any atom is -0.395 e. The van der Waals surface area contributed by atoms with Crippen molar-refractivity contribution in [2.75, 3.05) is 13.2 Å². The maximum atomic E-state index is 12.4. The molecule has 0 heterocycles. The van der Waals surface area contributed by atoms with Gasteiger partial charge in [0.1, 0.15) is 0 Å². The number of amides is 1. The van der Waals surface area contributed by atoms with E-state index in [4.69, 9.17) is 10.8 Å². The van der Waals surface area contributed by atoms with Gasteiger partial charge in [-0.2, -0.15) is 0 Å². The molecule has 0 saturated heterocycles. The van der Waals surface area contributed by atoms with E-state index in [0.717, 1.165) is 19.3 Å². The van der Waals surface area contributed by atoms with Crippen LogP contribution in [-0.4, -0.2) is 41.1 Å². The zero-order chi connectivity index (χ0) is 13.0. The normalized spacial score (nSPS) is 29.4. The maximum Gasteiger partial charge on any atom is 0.227 e. The van der Waals surface area contributed by atoms with E-state index >= 15 is 0 Å². The minimum atomic E-state index is -0.0623. The van der Waals surface area contributed by atoms with Crippen molar-refractivity contribution in [2.45, 2.75) is 52.1 Å². The van der Waals surface area contributed by atoms with Crippen LogP contribution in [-0.2, 0) is 4.79 Å². The van der Waals surface area contributed by atoms with Crippen LogP contribution in [0.1, 0.15) is 40.0 Å². The van der Waals surface area contributed by atoms with Crippen molar-refractivity contribution in [1.29, 1.82) is 0 Å². The van der Waals surface area contributed by atoms with Crippen molar-refractivity contribution in [2.24, 2.45) is 17.6 Å². The van der Waals surface area contributed by atoms with Gasteiger partial charge in [0, 0.05) is 18.6 Å². The summed E-state index contributed by atoms with van der Waals surface area (Å²) >= 11 is 0. The van der Waals surface area contributed by atoms with Crippen LogP contribution in [0, 0.1) is 11.8 Å². The van der Waals surface area contributed by atoms with Crippen molar-refractivity contribution in [3.63, 3.8) is 0 Å². The summed E-state index contributed by atoms with van der Waals surface area (Å²) in [6.45, 7) is 6.50. The lowest BCUT2D eigenvalue weighted by Gasteiger charge is -2.37. The van der Waals surface area contributed by atoms with Gasteiger partial charge in [-0.1, -0.05) is 13.3 Å². The second-order valence-corrected chi connectivity index (χ2v) is 5.44. The van der Waals surface area contributed by atoms with Crippen LogP contribution >= 0.6 is 0 Å². The third-order valence-electron chi connectivity index (χ3n) is 3.86. The number of carbonyl (C=O) groups excluding carboxylic acids is 1. The topological polar surface area (TPSA) is 66.6 Å². The molecule has 1 aliphatic rings. The Hall–Kier alpha value is -0.610. The predicted octanol–water partition coefficient (Wildman–Crippen LogP) is 0.979. The third-order valence-corrected chi connectivity index (χ3v) is 3.86. The van der Waals surface area contributed by atoms with Crippen molar-refractivity contribution < 1.29 is 9.90 Å². The van der Waals surface area contributed by atoms with Crippen LogP contribution in [0.5, 0.6) is 0 Å². The molecular formula is C13H26N2O2. The fourth-order valence-electron chi connectivity index (χ4n) is 2.67. The molecule has 1 rings (SSSR count). The van der Waals surface area contributed by atoms with Gasteiger partial charge in [-0.05, 0) is 32.6 Å². The molecule has 3 atom stereocenters. The molecule has 0 bridgehead atoms. The van der Waals surface area contributed by atoms with Crippen LogP contribution in [0.25, 0.3) is 0 Å². The first-order valence-electron chi connectivity index (χ1n) is 6.66. The number of aliphatic hydroxyl groups is 1. The average Bonchev–Trinajstić information content (AvgIpc) is 2.28. The lowest BCUT2D eigenvalue weighted by molar-refractivity contribution is -0.140. The lowest BCUT2D eigenvalue weighted by Crippen LogP contribution is -2.51. The molecule has 3 unspecified atom stereocenters. The fraction of sp³-hybridized carbons (Fsp3) is 0.923. The van der Waals surface area contributed by atoms with Crippen molar-refractivity contribution >= 4 is 5.91 Å². The van der Waals surface area contributed by atoms with Crippen LogP contribution in [0.3, 0.4) is 0 Å². The first-order valence-corrected chi connectivity index (χ1v) is 6.66. The van der Waals surface area contributed by atoms with E-state index in [-0.39, 0.29) is 30.5 Å². The van der Waals surface area contributed by atoms with Gasteiger partial charge in [0.2, 0.25) is 5.91 Å². The molecule has 0 aliphatic heterocycles. The van der Waals surface area contributed by atoms with E-state index in [1.54, 1.807) is 4.90 Å². The first-order chi connectivity index (χ1) is 7.99. The molecule has 1 aliphatic carbocycles. The molecule has 0 aromatic carbocycles. The molecule has 0 aromatic heterocycles. The highest BCUT2D eigenvalue weighted by molar-refractivity contribution is 5.80. The third kappa shape index (κ3) is 3.42. The highest BCUT2D eigenvalue weighted by Gasteiger charge is 2.35. The van der Waals surface area contributed by atoms with Gasteiger partial charge in [0.05, 0.1) is 12.5 Å². The Bertz CT molecular complexity index is 256. The highest BCUT2D eigenvalue weighted by Crippen LogP contribution is 2.29. The van der Waals surface area contributed by atoms with E-state index in [2.05, 4.69) is 6.92 Å². The molecule has 4 nitrogen and oxygen atoms in total. The van der Waals surface area contributed by atoms with E-state index in [9.17, 15) is 4.79 Å². The zero-order valence-corrected chi connectivity index (χ0v) is 11.2. The van der Waals surface area contributed by atoms with Crippen molar-refractivity contribution in [3.05, 3.63) is 0 Å². The van der Waals surface area contributed by atoms with Crippen LogP contribution in [0.15, 0.2) is 0 Å². The molecule has 1 fully saturated rings. The SMILES string of the molecule is CC1CCCC(C(=O)N(CCO)C(C)C)C1N. The second-order valence-electron chi connectivity index (χ2n) is 5.44. The quantitative estimate of drug-likeness (QED) is 0.772. The van der Waals surface area contributed by atoms with E-state index in [1.807, 2.05) is 13.8 Å². The summed E-state index contributed by atoms with van der Waals surface area (Å²) in [4.78, 5) is 14.2. The minimum absolute atomic E-state index is 0.0153. The molecule has 1 amide bonds. The zero-order valence-electron chi connectivity index (χ0n) is 11.2. The van der Waals surface area contributed by atoms with E-state index in [0.29, 0.717) is 12.5 Å². The largest absolute Gasteiger partial charge is 0.395 e. The number of hydrogen-bond acceptors (Lipinski definition) is 3. The predicted molar refractivity (Wildman–Crippen MR) is 68.4 cm³/mol. The van der Waals surface area contributed by atoms with Gasteiger partial charge >= 0.3 is 0 Å². The van der Waals surface area contributed by atoms with Crippen LogP contribution in [0.2, 0.25) is 0 Å². The molecule has 0 spiro atoms. The summed E-state index contributed by atoms with van der Waals surface area (Å²) in [5.74, 6) is 0.474. The number of rotatable bonds is 4. The molecule has 4 heteroatoms. The maximum absolute atomic E-state index is 12.4. The molecule has 17 heavy (non-hydrogen) atoms. The summed E-state index contributed by atoms with van der Waals surface area (Å²) < 4.78 is 0. The lowest BCUT2D eigenvalue weighted by atomic mass is 9.77. The Morgan fingerprint density at radius 1 is 1.47 bits per heavy atom. The summed E-state index contributed by atoms with van der Waals surface area (Å²) in [6.07, 6.45) is 3.09. The Kier molecular flexibility index (Phi) is 5.40. The van der Waals surface area contributed by atoms with Crippen LogP contribution < -0.4 is 5.73 Å². The molecule has 0 aromatic rings. The average molecular weight is 242 g/mol. The smallest absolute Gasteiger partial charge is 0.227 e. The highest BCUT2D eigenvalue weighted by atomic mass is 16.3. The number of nitrogens with two attached hydrogens (primary N) is 1. The van der Waals surface area contributed by atoms with Gasteiger partial charge in [-0.3, -0.25) is 4.79 Å². The Labute approximate surface area is 104 Å². The van der Waals surface area contributed by atoms with E-state index in [1.165, 1.54) is 0 Å². The van der Waals surface area contributed by atoms with E-state index < -0.39 is 0 Å². The van der Waals surface area contributed by atoms with Crippen molar-refractivity contribution in [3.8, 4) is 0 Å². The van der Waals surface area contributed by atoms with Gasteiger partial charge in [0.25, 0.3) is 0 Å². The molecular weight excluding hydrogens is 216 g/mol. The molecule has 1 saturated carbocycles. The Balaban J connectivity index is 2.72. The second kappa shape index (κ2) is 6.36. The summed E-state index contributed by atoms with van der Waals surface area (Å²) in [6, 6.07) is 0.0928. The monoisotopic (exact) mass is 242 g/mol. The number of hydrogen-bond donors (Lipinski definition) is 2. The summed E-state index contributed by atoms with van der Waals surface area (Å²) in [5, 5.41) is 9.03. The molecule has 0 radical (unpaired) electrons. The fourth-order valence-corrected chi connectivity index (χ4v) is 2.67. The molecule has 100 valence electrons. The molecule has 3 N–H and O–H groups in total. The van der Waals surface area contributed by atoms with Crippen LogP contribution in [0.4, 0.5) is 0 Å². The van der Waals surface area contributed by atoms with Gasteiger partial charge in [0.15, 0.2) is 0 Å². The van der Waals surface area contributed by atoms with Gasteiger partial charge in [-0.25, -0.2) is 0 Å².